The number of carbonyl (C=O) groups excluding carboxylic acids is 2. The van der Waals surface area contributed by atoms with E-state index in [0.29, 0.717) is 19.5 Å². The number of amides is 1. The van der Waals surface area contributed by atoms with Crippen LogP contribution in [0.2, 0.25) is 0 Å². The van der Waals surface area contributed by atoms with Gasteiger partial charge in [0.05, 0.1) is 5.92 Å². The second kappa shape index (κ2) is 6.36. The van der Waals surface area contributed by atoms with Crippen molar-refractivity contribution in [2.45, 2.75) is 19.3 Å². The third kappa shape index (κ3) is 2.82. The molecule has 4 heteroatoms. The number of hydrogen-bond acceptors (Lipinski definition) is 3. The minimum Gasteiger partial charge on any atom is -0.368 e. The lowest BCUT2D eigenvalue weighted by molar-refractivity contribution is -0.133. The Morgan fingerprint density at radius 3 is 2.40 bits per heavy atom. The van der Waals surface area contributed by atoms with Crippen LogP contribution < -0.4 is 4.90 Å². The number of rotatable bonds is 2. The van der Waals surface area contributed by atoms with Crippen molar-refractivity contribution in [1.82, 2.24) is 4.90 Å². The van der Waals surface area contributed by atoms with Crippen molar-refractivity contribution in [2.24, 2.45) is 0 Å². The molecule has 2 aliphatic rings. The Balaban J connectivity index is 1.48. The molecule has 1 heterocycles. The summed E-state index contributed by atoms with van der Waals surface area (Å²) in [5.41, 5.74) is 3.93. The molecule has 1 aliphatic heterocycles. The highest BCUT2D eigenvalue weighted by atomic mass is 16.2. The zero-order valence-corrected chi connectivity index (χ0v) is 14.4. The van der Waals surface area contributed by atoms with Gasteiger partial charge in [0, 0.05) is 43.9 Å². The molecule has 4 rings (SSSR count). The van der Waals surface area contributed by atoms with Gasteiger partial charge in [0.1, 0.15) is 0 Å². The lowest BCUT2D eigenvalue weighted by atomic mass is 9.95. The van der Waals surface area contributed by atoms with Gasteiger partial charge in [0.2, 0.25) is 5.91 Å². The van der Waals surface area contributed by atoms with Crippen molar-refractivity contribution < 1.29 is 9.59 Å². The number of para-hydroxylation sites is 1. The molecule has 1 saturated heterocycles. The molecule has 2 aromatic carbocycles. The van der Waals surface area contributed by atoms with Gasteiger partial charge >= 0.3 is 0 Å². The molecule has 0 saturated carbocycles. The highest BCUT2D eigenvalue weighted by molar-refractivity contribution is 6.07. The van der Waals surface area contributed by atoms with E-state index in [1.165, 1.54) is 5.69 Å². The normalized spacial score (nSPS) is 19.9. The molecule has 128 valence electrons. The van der Waals surface area contributed by atoms with Crippen molar-refractivity contribution in [3.05, 3.63) is 65.2 Å². The second-order valence-corrected chi connectivity index (χ2v) is 6.86. The molecule has 1 fully saturated rings. The smallest absolute Gasteiger partial charge is 0.230 e. The zero-order chi connectivity index (χ0) is 17.4. The van der Waals surface area contributed by atoms with Crippen LogP contribution in [0.5, 0.6) is 0 Å². The number of ketones is 1. The number of Topliss-reactive ketones (excluding diaryl/α,β-unsaturated/α-hetero) is 1. The number of hydrogen-bond donors (Lipinski definition) is 0. The fraction of sp³-hybridized carbons (Fsp3) is 0.333. The molecular weight excluding hydrogens is 312 g/mol. The molecule has 1 atom stereocenters. The molecule has 0 radical (unpaired) electrons. The number of anilines is 1. The van der Waals surface area contributed by atoms with Crippen LogP contribution in [0, 0.1) is 6.92 Å². The number of fused-ring (bicyclic) bond motifs is 1. The highest BCUT2D eigenvalue weighted by Gasteiger charge is 2.38. The van der Waals surface area contributed by atoms with Crippen molar-refractivity contribution in [3.8, 4) is 0 Å². The molecule has 1 aliphatic carbocycles. The summed E-state index contributed by atoms with van der Waals surface area (Å²) >= 11 is 0. The largest absolute Gasteiger partial charge is 0.368 e. The fourth-order valence-corrected chi connectivity index (χ4v) is 4.04. The fourth-order valence-electron chi connectivity index (χ4n) is 4.04. The summed E-state index contributed by atoms with van der Waals surface area (Å²) < 4.78 is 0. The average Bonchev–Trinajstić information content (AvgIpc) is 3.00. The number of nitrogens with zero attached hydrogens (tertiary/aromatic N) is 2. The van der Waals surface area contributed by atoms with Crippen LogP contribution >= 0.6 is 0 Å². The van der Waals surface area contributed by atoms with Crippen LogP contribution in [-0.2, 0) is 4.79 Å². The van der Waals surface area contributed by atoms with Crippen LogP contribution in [0.3, 0.4) is 0 Å². The highest BCUT2D eigenvalue weighted by Crippen LogP contribution is 2.36. The van der Waals surface area contributed by atoms with E-state index in [-0.39, 0.29) is 17.6 Å². The van der Waals surface area contributed by atoms with E-state index in [9.17, 15) is 9.59 Å². The van der Waals surface area contributed by atoms with Gasteiger partial charge in [-0.1, -0.05) is 36.4 Å². The summed E-state index contributed by atoms with van der Waals surface area (Å²) in [6.45, 7) is 5.07. The third-order valence-electron chi connectivity index (χ3n) is 5.37. The SMILES string of the molecule is Cc1cccc2c1C(C(=O)N1CCN(c3ccccc3)CC1)CC2=O. The van der Waals surface area contributed by atoms with E-state index in [1.54, 1.807) is 0 Å². The van der Waals surface area contributed by atoms with E-state index in [4.69, 9.17) is 0 Å². The zero-order valence-electron chi connectivity index (χ0n) is 14.4. The summed E-state index contributed by atoms with van der Waals surface area (Å²) in [4.78, 5) is 29.6. The van der Waals surface area contributed by atoms with Gasteiger partial charge in [0.15, 0.2) is 5.78 Å². The van der Waals surface area contributed by atoms with Gasteiger partial charge < -0.3 is 9.80 Å². The van der Waals surface area contributed by atoms with Gasteiger partial charge in [-0.25, -0.2) is 0 Å². The molecule has 1 unspecified atom stereocenters. The van der Waals surface area contributed by atoms with E-state index < -0.39 is 0 Å². The summed E-state index contributed by atoms with van der Waals surface area (Å²) in [7, 11) is 0. The Morgan fingerprint density at radius 2 is 1.68 bits per heavy atom. The van der Waals surface area contributed by atoms with Crippen LogP contribution in [0.15, 0.2) is 48.5 Å². The standard InChI is InChI=1S/C21H22N2O2/c1-15-6-5-9-17-19(24)14-18(20(15)17)21(25)23-12-10-22(11-13-23)16-7-3-2-4-8-16/h2-9,18H,10-14H2,1H3. The van der Waals surface area contributed by atoms with Crippen LogP contribution in [-0.4, -0.2) is 42.8 Å². The maximum atomic E-state index is 13.1. The average molecular weight is 334 g/mol. The summed E-state index contributed by atoms with van der Waals surface area (Å²) in [6, 6.07) is 16.0. The van der Waals surface area contributed by atoms with E-state index in [0.717, 1.165) is 29.8 Å². The third-order valence-corrected chi connectivity index (χ3v) is 5.37. The molecule has 0 spiro atoms. The molecule has 0 N–H and O–H groups in total. The summed E-state index contributed by atoms with van der Waals surface area (Å²) in [6.07, 6.45) is 0.317. The lowest BCUT2D eigenvalue weighted by Crippen LogP contribution is -2.50. The predicted octanol–water partition coefficient (Wildman–Crippen LogP) is 3.01. The van der Waals surface area contributed by atoms with Crippen LogP contribution in [0.1, 0.15) is 33.8 Å². The van der Waals surface area contributed by atoms with E-state index in [2.05, 4.69) is 17.0 Å². The molecule has 0 bridgehead atoms. The number of carbonyl (C=O) groups is 2. The van der Waals surface area contributed by atoms with Crippen molar-refractivity contribution in [2.75, 3.05) is 31.1 Å². The summed E-state index contributed by atoms with van der Waals surface area (Å²) in [5, 5.41) is 0. The van der Waals surface area contributed by atoms with Crippen LogP contribution in [0.25, 0.3) is 0 Å². The van der Waals surface area contributed by atoms with Gasteiger partial charge in [-0.3, -0.25) is 9.59 Å². The topological polar surface area (TPSA) is 40.6 Å². The molecular formula is C21H22N2O2. The van der Waals surface area contributed by atoms with Crippen molar-refractivity contribution >= 4 is 17.4 Å². The molecule has 1 amide bonds. The first-order valence-electron chi connectivity index (χ1n) is 8.86. The first-order valence-corrected chi connectivity index (χ1v) is 8.86. The quantitative estimate of drug-likeness (QED) is 0.848. The van der Waals surface area contributed by atoms with Gasteiger partial charge in [0.25, 0.3) is 0 Å². The molecule has 25 heavy (non-hydrogen) atoms. The van der Waals surface area contributed by atoms with Gasteiger partial charge in [-0.2, -0.15) is 0 Å². The number of aryl methyl sites for hydroxylation is 1. The first kappa shape index (κ1) is 15.9. The maximum absolute atomic E-state index is 13.1. The Bertz CT molecular complexity index is 808. The first-order chi connectivity index (χ1) is 12.1. The number of benzene rings is 2. The van der Waals surface area contributed by atoms with Crippen molar-refractivity contribution in [1.29, 1.82) is 0 Å². The Hall–Kier alpha value is -2.62. The van der Waals surface area contributed by atoms with Gasteiger partial charge in [-0.05, 0) is 30.2 Å². The van der Waals surface area contributed by atoms with E-state index in [1.807, 2.05) is 48.2 Å². The minimum atomic E-state index is -0.299. The predicted molar refractivity (Wildman–Crippen MR) is 98.1 cm³/mol. The molecule has 4 nitrogen and oxygen atoms in total. The monoisotopic (exact) mass is 334 g/mol. The number of piperazine rings is 1. The van der Waals surface area contributed by atoms with E-state index >= 15 is 0 Å². The summed E-state index contributed by atoms with van der Waals surface area (Å²) in [5.74, 6) is -0.0962. The minimum absolute atomic E-state index is 0.0972. The Kier molecular flexibility index (Phi) is 4.04. The maximum Gasteiger partial charge on any atom is 0.230 e. The van der Waals surface area contributed by atoms with Crippen LogP contribution in [0.4, 0.5) is 5.69 Å². The van der Waals surface area contributed by atoms with Crippen molar-refractivity contribution in [3.63, 3.8) is 0 Å². The van der Waals surface area contributed by atoms with Gasteiger partial charge in [-0.15, -0.1) is 0 Å². The molecule has 2 aromatic rings. The Labute approximate surface area is 148 Å². The lowest BCUT2D eigenvalue weighted by Gasteiger charge is -2.37. The second-order valence-electron chi connectivity index (χ2n) is 6.86. The Morgan fingerprint density at radius 1 is 0.960 bits per heavy atom. The molecule has 0 aromatic heterocycles.